The zero-order valence-corrected chi connectivity index (χ0v) is 19.4. The minimum Gasteiger partial charge on any atom is -0.493 e. The van der Waals surface area contributed by atoms with E-state index in [4.69, 9.17) is 14.2 Å². The van der Waals surface area contributed by atoms with Crippen molar-refractivity contribution in [2.45, 2.75) is 42.4 Å². The van der Waals surface area contributed by atoms with Crippen molar-refractivity contribution in [3.8, 4) is 11.5 Å². The number of likely N-dealkylation sites (tertiary alicyclic amines) is 1. The van der Waals surface area contributed by atoms with Crippen LogP contribution in [0.3, 0.4) is 0 Å². The molecule has 1 saturated heterocycles. The van der Waals surface area contributed by atoms with Crippen LogP contribution in [0.2, 0.25) is 0 Å². The number of carbonyl (C=O) groups is 2. The number of piperidine rings is 1. The van der Waals surface area contributed by atoms with Crippen molar-refractivity contribution in [2.24, 2.45) is 0 Å². The molecule has 178 valence electrons. The van der Waals surface area contributed by atoms with Crippen molar-refractivity contribution < 1.29 is 32.6 Å². The molecule has 1 amide bonds. The lowest BCUT2D eigenvalue weighted by Crippen LogP contribution is -2.48. The van der Waals surface area contributed by atoms with Gasteiger partial charge in [0.15, 0.2) is 11.5 Å². The van der Waals surface area contributed by atoms with Gasteiger partial charge in [0.2, 0.25) is 0 Å². The van der Waals surface area contributed by atoms with Crippen molar-refractivity contribution in [2.75, 3.05) is 27.4 Å². The maximum Gasteiger partial charge on any atom is 0.328 e. The lowest BCUT2D eigenvalue weighted by Gasteiger charge is -2.34. The van der Waals surface area contributed by atoms with Gasteiger partial charge in [-0.1, -0.05) is 23.9 Å². The topological polar surface area (TPSA) is 65.1 Å². The highest BCUT2D eigenvalue weighted by atomic mass is 32.2. The molecule has 0 saturated carbocycles. The first-order chi connectivity index (χ1) is 15.9. The van der Waals surface area contributed by atoms with Gasteiger partial charge in [-0.15, -0.1) is 0 Å². The number of halogens is 2. The molecule has 1 heterocycles. The van der Waals surface area contributed by atoms with Crippen molar-refractivity contribution in [3.05, 3.63) is 53.6 Å². The third-order valence-electron chi connectivity index (χ3n) is 5.42. The molecule has 0 radical (unpaired) electrons. The fourth-order valence-corrected chi connectivity index (χ4v) is 4.35. The first-order valence-electron chi connectivity index (χ1n) is 10.7. The second kappa shape index (κ2) is 11.9. The number of hydrogen-bond donors (Lipinski definition) is 0. The van der Waals surface area contributed by atoms with Crippen LogP contribution in [-0.4, -0.2) is 55.9 Å². The number of methoxy groups -OCH3 is 2. The smallest absolute Gasteiger partial charge is 0.328 e. The molecule has 0 spiro atoms. The summed E-state index contributed by atoms with van der Waals surface area (Å²) in [6, 6.07) is 10.9. The number of alkyl halides is 2. The predicted molar refractivity (Wildman–Crippen MR) is 121 cm³/mol. The minimum absolute atomic E-state index is 0.160. The SMILES string of the molecule is COc1ccc(CCOC(=O)C2CCCCN2C(=O)c2cccc(SC(F)F)c2)cc1OC. The number of nitrogens with zero attached hydrogens (tertiary/aromatic N) is 1. The number of esters is 1. The van der Waals surface area contributed by atoms with Crippen LogP contribution in [0.1, 0.15) is 35.2 Å². The summed E-state index contributed by atoms with van der Waals surface area (Å²) in [5.74, 6) is -2.17. The van der Waals surface area contributed by atoms with Gasteiger partial charge in [0.25, 0.3) is 11.7 Å². The first-order valence-corrected chi connectivity index (χ1v) is 11.5. The number of thioether (sulfide) groups is 1. The van der Waals surface area contributed by atoms with Gasteiger partial charge in [0.05, 0.1) is 20.8 Å². The van der Waals surface area contributed by atoms with Crippen LogP contribution in [0.5, 0.6) is 11.5 Å². The maximum absolute atomic E-state index is 13.1. The van der Waals surface area contributed by atoms with Crippen molar-refractivity contribution in [3.63, 3.8) is 0 Å². The van der Waals surface area contributed by atoms with E-state index in [0.717, 1.165) is 18.4 Å². The summed E-state index contributed by atoms with van der Waals surface area (Å²) in [5, 5.41) is 0. The van der Waals surface area contributed by atoms with E-state index < -0.39 is 17.8 Å². The van der Waals surface area contributed by atoms with E-state index in [1.165, 1.54) is 17.0 Å². The van der Waals surface area contributed by atoms with Gasteiger partial charge >= 0.3 is 5.97 Å². The molecule has 1 aliphatic heterocycles. The zero-order valence-electron chi connectivity index (χ0n) is 18.6. The Hall–Kier alpha value is -2.81. The Morgan fingerprint density at radius 1 is 1.09 bits per heavy atom. The van der Waals surface area contributed by atoms with Crippen LogP contribution in [0.15, 0.2) is 47.4 Å². The summed E-state index contributed by atoms with van der Waals surface area (Å²) < 4.78 is 41.4. The molecule has 1 fully saturated rings. The first kappa shape index (κ1) is 24.8. The largest absolute Gasteiger partial charge is 0.493 e. The van der Waals surface area contributed by atoms with Gasteiger partial charge in [0, 0.05) is 23.4 Å². The number of amides is 1. The minimum atomic E-state index is -2.57. The van der Waals surface area contributed by atoms with Crippen LogP contribution in [0, 0.1) is 0 Å². The Morgan fingerprint density at radius 3 is 2.61 bits per heavy atom. The number of benzene rings is 2. The monoisotopic (exact) mass is 479 g/mol. The summed E-state index contributed by atoms with van der Waals surface area (Å²) in [7, 11) is 3.11. The maximum atomic E-state index is 13.1. The highest BCUT2D eigenvalue weighted by Crippen LogP contribution is 2.29. The van der Waals surface area contributed by atoms with Crippen LogP contribution in [-0.2, 0) is 16.0 Å². The third-order valence-corrected chi connectivity index (χ3v) is 6.13. The lowest BCUT2D eigenvalue weighted by atomic mass is 10.0. The van der Waals surface area contributed by atoms with E-state index in [1.807, 2.05) is 12.1 Å². The third kappa shape index (κ3) is 6.60. The van der Waals surface area contributed by atoms with E-state index in [2.05, 4.69) is 0 Å². The van der Waals surface area contributed by atoms with Crippen LogP contribution >= 0.6 is 11.8 Å². The summed E-state index contributed by atoms with van der Waals surface area (Å²) in [4.78, 5) is 27.7. The molecule has 0 aromatic heterocycles. The molecule has 9 heteroatoms. The average molecular weight is 480 g/mol. The van der Waals surface area contributed by atoms with Gasteiger partial charge in [-0.25, -0.2) is 4.79 Å². The molecule has 1 atom stereocenters. The van der Waals surface area contributed by atoms with E-state index >= 15 is 0 Å². The molecule has 2 aromatic rings. The molecule has 3 rings (SSSR count). The van der Waals surface area contributed by atoms with Gasteiger partial charge in [-0.2, -0.15) is 8.78 Å². The van der Waals surface area contributed by atoms with Gasteiger partial charge in [-0.05, 0) is 55.2 Å². The van der Waals surface area contributed by atoms with E-state index in [9.17, 15) is 18.4 Å². The Balaban J connectivity index is 1.62. The normalized spacial score (nSPS) is 15.9. The van der Waals surface area contributed by atoms with Crippen molar-refractivity contribution in [1.82, 2.24) is 4.90 Å². The van der Waals surface area contributed by atoms with Crippen LogP contribution in [0.4, 0.5) is 8.78 Å². The molecule has 2 aromatic carbocycles. The molecule has 1 aliphatic rings. The number of ether oxygens (including phenoxy) is 3. The quantitative estimate of drug-likeness (QED) is 0.380. The van der Waals surface area contributed by atoms with Gasteiger partial charge in [0.1, 0.15) is 6.04 Å². The fourth-order valence-electron chi connectivity index (χ4n) is 3.79. The van der Waals surface area contributed by atoms with Crippen LogP contribution < -0.4 is 9.47 Å². The van der Waals surface area contributed by atoms with Gasteiger partial charge in [-0.3, -0.25) is 4.79 Å². The fraction of sp³-hybridized carbons (Fsp3) is 0.417. The second-order valence-electron chi connectivity index (χ2n) is 7.52. The highest BCUT2D eigenvalue weighted by Gasteiger charge is 2.34. The number of hydrogen-bond acceptors (Lipinski definition) is 6. The zero-order chi connectivity index (χ0) is 23.8. The van der Waals surface area contributed by atoms with Crippen LogP contribution in [0.25, 0.3) is 0 Å². The molecule has 6 nitrogen and oxygen atoms in total. The predicted octanol–water partition coefficient (Wildman–Crippen LogP) is 4.80. The second-order valence-corrected chi connectivity index (χ2v) is 8.59. The van der Waals surface area contributed by atoms with Crippen molar-refractivity contribution in [1.29, 1.82) is 0 Å². The average Bonchev–Trinajstić information content (AvgIpc) is 2.83. The molecule has 33 heavy (non-hydrogen) atoms. The Morgan fingerprint density at radius 2 is 1.88 bits per heavy atom. The molecule has 0 N–H and O–H groups in total. The standard InChI is InChI=1S/C24H27F2NO5S/c1-30-20-10-9-16(14-21(20)31-2)11-13-32-23(29)19-8-3-4-12-27(19)22(28)17-6-5-7-18(15-17)33-24(25)26/h5-7,9-10,14-15,19,24H,3-4,8,11-13H2,1-2H3. The molecular weight excluding hydrogens is 452 g/mol. The highest BCUT2D eigenvalue weighted by molar-refractivity contribution is 7.99. The molecule has 0 bridgehead atoms. The summed E-state index contributed by atoms with van der Waals surface area (Å²) in [6.07, 6.45) is 2.57. The Bertz CT molecular complexity index is 972. The van der Waals surface area contributed by atoms with E-state index in [-0.39, 0.29) is 18.1 Å². The molecular formula is C24H27F2NO5S. The summed E-state index contributed by atoms with van der Waals surface area (Å²) in [6.45, 7) is 0.577. The summed E-state index contributed by atoms with van der Waals surface area (Å²) in [5.41, 5.74) is 1.20. The van der Waals surface area contributed by atoms with E-state index in [0.29, 0.717) is 47.5 Å². The number of rotatable bonds is 9. The molecule has 1 unspecified atom stereocenters. The lowest BCUT2D eigenvalue weighted by molar-refractivity contribution is -0.150. The van der Waals surface area contributed by atoms with Gasteiger partial charge < -0.3 is 19.1 Å². The Labute approximate surface area is 196 Å². The Kier molecular flexibility index (Phi) is 8.94. The van der Waals surface area contributed by atoms with Crippen molar-refractivity contribution >= 4 is 23.6 Å². The number of carbonyl (C=O) groups excluding carboxylic acids is 2. The summed E-state index contributed by atoms with van der Waals surface area (Å²) >= 11 is 0.385. The van der Waals surface area contributed by atoms with E-state index in [1.54, 1.807) is 32.4 Å². The molecule has 0 aliphatic carbocycles.